The van der Waals surface area contributed by atoms with Crippen LogP contribution in [0.5, 0.6) is 0 Å². The second-order valence-electron chi connectivity index (χ2n) is 3.16. The molecule has 10 heavy (non-hydrogen) atoms. The fraction of sp³-hybridized carbons (Fsp3) is 1.00. The first-order chi connectivity index (χ1) is 4.83. The molecule has 0 aromatic heterocycles. The molecule has 0 radical (unpaired) electrons. The Bertz CT molecular complexity index is 95.3. The summed E-state index contributed by atoms with van der Waals surface area (Å²) in [6.45, 7) is 4.57. The van der Waals surface area contributed by atoms with Crippen molar-refractivity contribution in [3.05, 3.63) is 0 Å². The highest BCUT2D eigenvalue weighted by atomic mass is 32.1. The molecule has 60 valence electrons. The van der Waals surface area contributed by atoms with Gasteiger partial charge in [0.25, 0.3) is 0 Å². The Labute approximate surface area is 69.0 Å². The molecule has 1 fully saturated rings. The lowest BCUT2D eigenvalue weighted by molar-refractivity contribution is 0.466. The smallest absolute Gasteiger partial charge is 0.0142 e. The van der Waals surface area contributed by atoms with Gasteiger partial charge < -0.3 is 5.32 Å². The molecule has 0 bridgehead atoms. The summed E-state index contributed by atoms with van der Waals surface area (Å²) in [4.78, 5) is 0. The van der Waals surface area contributed by atoms with E-state index < -0.39 is 0 Å². The minimum Gasteiger partial charge on any atom is -0.315 e. The van der Waals surface area contributed by atoms with E-state index >= 15 is 0 Å². The average molecular weight is 159 g/mol. The third-order valence-corrected chi connectivity index (χ3v) is 2.74. The molecule has 0 aromatic rings. The minimum absolute atomic E-state index is 0.594. The van der Waals surface area contributed by atoms with Gasteiger partial charge in [0.15, 0.2) is 0 Å². The van der Waals surface area contributed by atoms with Crippen LogP contribution in [0.4, 0.5) is 0 Å². The van der Waals surface area contributed by atoms with Gasteiger partial charge >= 0.3 is 0 Å². The zero-order valence-electron chi connectivity index (χ0n) is 6.64. The highest BCUT2D eigenvalue weighted by Crippen LogP contribution is 2.16. The van der Waals surface area contributed by atoms with E-state index in [1.807, 2.05) is 0 Å². The molecule has 0 aliphatic carbocycles. The molecule has 1 rings (SSSR count). The Kier molecular flexibility index (Phi) is 3.57. The van der Waals surface area contributed by atoms with Crippen molar-refractivity contribution in [1.82, 2.24) is 5.32 Å². The van der Waals surface area contributed by atoms with Crippen LogP contribution in [-0.2, 0) is 0 Å². The second kappa shape index (κ2) is 4.24. The summed E-state index contributed by atoms with van der Waals surface area (Å²) in [5, 5.41) is 4.02. The quantitative estimate of drug-likeness (QED) is 0.555. The standard InChI is InChI=1S/C8H17NS/c1-2-7-3-4-8(10)6-9-5-7/h7-10H,2-6H2,1H3. The van der Waals surface area contributed by atoms with Gasteiger partial charge in [-0.05, 0) is 25.3 Å². The van der Waals surface area contributed by atoms with Gasteiger partial charge in [-0.1, -0.05) is 13.3 Å². The highest BCUT2D eigenvalue weighted by Gasteiger charge is 2.13. The van der Waals surface area contributed by atoms with Crippen LogP contribution in [0.15, 0.2) is 0 Å². The molecule has 2 unspecified atom stereocenters. The van der Waals surface area contributed by atoms with Crippen LogP contribution in [-0.4, -0.2) is 18.3 Å². The Morgan fingerprint density at radius 3 is 2.90 bits per heavy atom. The molecule has 0 spiro atoms. The highest BCUT2D eigenvalue weighted by molar-refractivity contribution is 7.81. The molecule has 1 nitrogen and oxygen atoms in total. The SMILES string of the molecule is CCC1CCC(S)CNC1. The first kappa shape index (κ1) is 8.41. The zero-order chi connectivity index (χ0) is 7.40. The number of thiol groups is 1. The average Bonchev–Trinajstić information content (AvgIpc) is 2.14. The summed E-state index contributed by atoms with van der Waals surface area (Å²) in [5.41, 5.74) is 0. The molecule has 1 heterocycles. The van der Waals surface area contributed by atoms with Gasteiger partial charge in [-0.2, -0.15) is 12.6 Å². The van der Waals surface area contributed by atoms with Crippen molar-refractivity contribution in [2.45, 2.75) is 31.4 Å². The molecular weight excluding hydrogens is 142 g/mol. The van der Waals surface area contributed by atoms with E-state index in [0.717, 1.165) is 12.5 Å². The van der Waals surface area contributed by atoms with Crippen LogP contribution in [0.2, 0.25) is 0 Å². The molecule has 1 saturated heterocycles. The van der Waals surface area contributed by atoms with Crippen molar-refractivity contribution < 1.29 is 0 Å². The largest absolute Gasteiger partial charge is 0.315 e. The Hall–Kier alpha value is 0.310. The van der Waals surface area contributed by atoms with Crippen molar-refractivity contribution >= 4 is 12.6 Å². The van der Waals surface area contributed by atoms with Crippen molar-refractivity contribution in [3.63, 3.8) is 0 Å². The van der Waals surface area contributed by atoms with E-state index in [1.54, 1.807) is 0 Å². The van der Waals surface area contributed by atoms with Gasteiger partial charge in [0.2, 0.25) is 0 Å². The third kappa shape index (κ3) is 2.51. The first-order valence-electron chi connectivity index (χ1n) is 4.21. The Morgan fingerprint density at radius 1 is 1.40 bits per heavy atom. The van der Waals surface area contributed by atoms with Gasteiger partial charge in [-0.25, -0.2) is 0 Å². The Balaban J connectivity index is 2.26. The van der Waals surface area contributed by atoms with Crippen molar-refractivity contribution in [2.75, 3.05) is 13.1 Å². The molecule has 2 heteroatoms. The normalized spacial score (nSPS) is 35.4. The summed E-state index contributed by atoms with van der Waals surface area (Å²) in [6.07, 6.45) is 3.96. The molecular formula is C8H17NS. The number of rotatable bonds is 1. The van der Waals surface area contributed by atoms with Crippen molar-refractivity contribution in [3.8, 4) is 0 Å². The molecule has 1 aliphatic rings. The van der Waals surface area contributed by atoms with Crippen LogP contribution in [0.3, 0.4) is 0 Å². The number of hydrogen-bond donors (Lipinski definition) is 2. The second-order valence-corrected chi connectivity index (χ2v) is 3.89. The maximum atomic E-state index is 4.45. The predicted molar refractivity (Wildman–Crippen MR) is 48.7 cm³/mol. The summed E-state index contributed by atoms with van der Waals surface area (Å²) in [5.74, 6) is 0.900. The first-order valence-corrected chi connectivity index (χ1v) is 4.73. The lowest BCUT2D eigenvalue weighted by Gasteiger charge is -2.09. The Morgan fingerprint density at radius 2 is 2.20 bits per heavy atom. The van der Waals surface area contributed by atoms with Crippen LogP contribution in [0.1, 0.15) is 26.2 Å². The van der Waals surface area contributed by atoms with Crippen LogP contribution in [0, 0.1) is 5.92 Å². The number of hydrogen-bond acceptors (Lipinski definition) is 2. The maximum absolute atomic E-state index is 4.45. The van der Waals surface area contributed by atoms with E-state index in [0.29, 0.717) is 5.25 Å². The molecule has 1 aliphatic heterocycles. The maximum Gasteiger partial charge on any atom is 0.0142 e. The van der Waals surface area contributed by atoms with E-state index in [9.17, 15) is 0 Å². The van der Waals surface area contributed by atoms with Crippen LogP contribution in [0.25, 0.3) is 0 Å². The van der Waals surface area contributed by atoms with E-state index in [4.69, 9.17) is 0 Å². The van der Waals surface area contributed by atoms with E-state index in [-0.39, 0.29) is 0 Å². The van der Waals surface area contributed by atoms with Gasteiger partial charge in [-0.3, -0.25) is 0 Å². The minimum atomic E-state index is 0.594. The topological polar surface area (TPSA) is 12.0 Å². The summed E-state index contributed by atoms with van der Waals surface area (Å²) >= 11 is 4.45. The lowest BCUT2D eigenvalue weighted by Crippen LogP contribution is -2.23. The lowest BCUT2D eigenvalue weighted by atomic mass is 10.0. The predicted octanol–water partition coefficient (Wildman–Crippen LogP) is 1.69. The van der Waals surface area contributed by atoms with Gasteiger partial charge in [0.1, 0.15) is 0 Å². The molecule has 0 saturated carbocycles. The molecule has 1 N–H and O–H groups in total. The van der Waals surface area contributed by atoms with Gasteiger partial charge in [0.05, 0.1) is 0 Å². The summed E-state index contributed by atoms with van der Waals surface area (Å²) < 4.78 is 0. The van der Waals surface area contributed by atoms with Crippen LogP contribution < -0.4 is 5.32 Å². The summed E-state index contributed by atoms with van der Waals surface area (Å²) in [7, 11) is 0. The molecule has 2 atom stereocenters. The van der Waals surface area contributed by atoms with E-state index in [2.05, 4.69) is 24.9 Å². The van der Waals surface area contributed by atoms with Crippen molar-refractivity contribution in [1.29, 1.82) is 0 Å². The number of nitrogens with one attached hydrogen (secondary N) is 1. The molecule has 0 aromatic carbocycles. The van der Waals surface area contributed by atoms with Gasteiger partial charge in [0, 0.05) is 11.8 Å². The third-order valence-electron chi connectivity index (χ3n) is 2.30. The zero-order valence-corrected chi connectivity index (χ0v) is 7.53. The van der Waals surface area contributed by atoms with Crippen LogP contribution >= 0.6 is 12.6 Å². The van der Waals surface area contributed by atoms with Gasteiger partial charge in [-0.15, -0.1) is 0 Å². The fourth-order valence-corrected chi connectivity index (χ4v) is 1.71. The van der Waals surface area contributed by atoms with E-state index in [1.165, 1.54) is 25.8 Å². The molecule has 0 amide bonds. The monoisotopic (exact) mass is 159 g/mol. The summed E-state index contributed by atoms with van der Waals surface area (Å²) in [6, 6.07) is 0. The fourth-order valence-electron chi connectivity index (χ4n) is 1.43. The van der Waals surface area contributed by atoms with Crippen molar-refractivity contribution in [2.24, 2.45) is 5.92 Å².